The number of fused-ring (bicyclic) bond motifs is 1. The molecule has 4 nitrogen and oxygen atoms in total. The van der Waals surface area contributed by atoms with E-state index in [4.69, 9.17) is 4.74 Å². The van der Waals surface area contributed by atoms with Crippen LogP contribution in [0.2, 0.25) is 0 Å². The Bertz CT molecular complexity index is 699. The van der Waals surface area contributed by atoms with E-state index < -0.39 is 0 Å². The van der Waals surface area contributed by atoms with E-state index in [1.54, 1.807) is 24.5 Å². The molecule has 1 spiro atoms. The minimum absolute atomic E-state index is 0.185. The summed E-state index contributed by atoms with van der Waals surface area (Å²) in [6.07, 6.45) is 6.09. The van der Waals surface area contributed by atoms with Crippen molar-refractivity contribution < 1.29 is 9.13 Å². The van der Waals surface area contributed by atoms with Gasteiger partial charge in [0.1, 0.15) is 27.6 Å². The summed E-state index contributed by atoms with van der Waals surface area (Å²) >= 11 is 3.30. The lowest BCUT2D eigenvalue weighted by Gasteiger charge is -2.39. The highest BCUT2D eigenvalue weighted by atomic mass is 79.9. The van der Waals surface area contributed by atoms with E-state index in [2.05, 4.69) is 30.8 Å². The van der Waals surface area contributed by atoms with Crippen LogP contribution in [0.1, 0.15) is 18.4 Å². The number of nitrogens with zero attached hydrogens (tertiary/aromatic N) is 3. The molecule has 0 atom stereocenters. The molecule has 2 aliphatic rings. The molecular weight excluding hydrogens is 349 g/mol. The van der Waals surface area contributed by atoms with E-state index in [1.165, 1.54) is 6.07 Å². The van der Waals surface area contributed by atoms with Gasteiger partial charge in [-0.05, 0) is 34.1 Å². The number of hydrogen-bond donors (Lipinski definition) is 0. The van der Waals surface area contributed by atoms with E-state index in [1.807, 2.05) is 0 Å². The minimum atomic E-state index is -0.193. The fourth-order valence-electron chi connectivity index (χ4n) is 3.29. The maximum absolute atomic E-state index is 13.4. The third kappa shape index (κ3) is 2.45. The second-order valence-electron chi connectivity index (χ2n) is 5.90. The second-order valence-corrected chi connectivity index (χ2v) is 6.71. The summed E-state index contributed by atoms with van der Waals surface area (Å²) in [7, 11) is 0. The normalized spacial score (nSPS) is 19.1. The van der Waals surface area contributed by atoms with Crippen LogP contribution in [0.25, 0.3) is 0 Å². The van der Waals surface area contributed by atoms with Gasteiger partial charge in [0.05, 0.1) is 12.4 Å². The molecule has 6 heteroatoms. The average molecular weight is 364 g/mol. The lowest BCUT2D eigenvalue weighted by atomic mass is 9.87. The molecule has 2 aliphatic heterocycles. The van der Waals surface area contributed by atoms with Crippen molar-refractivity contribution in [2.75, 3.05) is 18.0 Å². The first-order valence-corrected chi connectivity index (χ1v) is 8.13. The van der Waals surface area contributed by atoms with Crippen LogP contribution >= 0.6 is 15.9 Å². The maximum atomic E-state index is 13.4. The smallest absolute Gasteiger partial charge is 0.147 e. The molecular formula is C16H15BrFN3O. The topological polar surface area (TPSA) is 38.2 Å². The predicted molar refractivity (Wildman–Crippen MR) is 84.6 cm³/mol. The first kappa shape index (κ1) is 13.9. The van der Waals surface area contributed by atoms with Gasteiger partial charge in [0, 0.05) is 37.9 Å². The summed E-state index contributed by atoms with van der Waals surface area (Å²) in [6, 6.07) is 4.80. The highest BCUT2D eigenvalue weighted by Crippen LogP contribution is 2.41. The summed E-state index contributed by atoms with van der Waals surface area (Å²) in [5, 5.41) is 0. The summed E-state index contributed by atoms with van der Waals surface area (Å²) in [6.45, 7) is 1.74. The molecule has 3 heterocycles. The van der Waals surface area contributed by atoms with Crippen LogP contribution in [0.5, 0.6) is 5.75 Å². The summed E-state index contributed by atoms with van der Waals surface area (Å²) < 4.78 is 20.2. The van der Waals surface area contributed by atoms with Crippen LogP contribution in [0, 0.1) is 5.82 Å². The van der Waals surface area contributed by atoms with Crippen molar-refractivity contribution >= 4 is 21.7 Å². The number of rotatable bonds is 1. The first-order valence-electron chi connectivity index (χ1n) is 7.34. The molecule has 1 saturated heterocycles. The minimum Gasteiger partial charge on any atom is -0.487 e. The average Bonchev–Trinajstić information content (AvgIpc) is 2.86. The molecule has 114 valence electrons. The Morgan fingerprint density at radius 2 is 2.00 bits per heavy atom. The molecule has 1 aromatic carbocycles. The van der Waals surface area contributed by atoms with Gasteiger partial charge in [0.15, 0.2) is 0 Å². The predicted octanol–water partition coefficient (Wildman–Crippen LogP) is 3.35. The van der Waals surface area contributed by atoms with Crippen molar-refractivity contribution in [3.63, 3.8) is 0 Å². The molecule has 0 amide bonds. The van der Waals surface area contributed by atoms with E-state index in [0.29, 0.717) is 0 Å². The lowest BCUT2D eigenvalue weighted by Crippen LogP contribution is -2.47. The molecule has 1 fully saturated rings. The van der Waals surface area contributed by atoms with Gasteiger partial charge in [0.2, 0.25) is 0 Å². The highest BCUT2D eigenvalue weighted by Gasteiger charge is 2.42. The molecule has 0 N–H and O–H groups in total. The molecule has 0 radical (unpaired) electrons. The van der Waals surface area contributed by atoms with Crippen molar-refractivity contribution in [2.45, 2.75) is 24.9 Å². The van der Waals surface area contributed by atoms with E-state index >= 15 is 0 Å². The monoisotopic (exact) mass is 363 g/mol. The van der Waals surface area contributed by atoms with E-state index in [-0.39, 0.29) is 11.4 Å². The van der Waals surface area contributed by atoms with Gasteiger partial charge in [-0.1, -0.05) is 0 Å². The van der Waals surface area contributed by atoms with Gasteiger partial charge < -0.3 is 9.64 Å². The van der Waals surface area contributed by atoms with E-state index in [9.17, 15) is 4.39 Å². The van der Waals surface area contributed by atoms with Crippen LogP contribution in [-0.2, 0) is 6.42 Å². The van der Waals surface area contributed by atoms with Crippen molar-refractivity contribution in [1.29, 1.82) is 0 Å². The number of piperidine rings is 1. The van der Waals surface area contributed by atoms with Crippen LogP contribution in [0.3, 0.4) is 0 Å². The van der Waals surface area contributed by atoms with E-state index in [0.717, 1.165) is 54.1 Å². The largest absolute Gasteiger partial charge is 0.487 e. The first-order chi connectivity index (χ1) is 10.6. The number of benzene rings is 1. The third-order valence-corrected chi connectivity index (χ3v) is 4.88. The Balaban J connectivity index is 1.47. The van der Waals surface area contributed by atoms with Gasteiger partial charge in [0.25, 0.3) is 0 Å². The molecule has 0 saturated carbocycles. The SMILES string of the molecule is Fc1ccc2c(c1)CC1(CCN(c3cnc(Br)cn3)CC1)O2. The van der Waals surface area contributed by atoms with Gasteiger partial charge in [-0.3, -0.25) is 0 Å². The van der Waals surface area contributed by atoms with Crippen molar-refractivity contribution in [3.8, 4) is 5.75 Å². The molecule has 4 rings (SSSR count). The van der Waals surface area contributed by atoms with Crippen LogP contribution in [0.15, 0.2) is 35.2 Å². The van der Waals surface area contributed by atoms with Crippen molar-refractivity contribution in [2.24, 2.45) is 0 Å². The van der Waals surface area contributed by atoms with Crippen LogP contribution in [0.4, 0.5) is 10.2 Å². The molecule has 0 bridgehead atoms. The van der Waals surface area contributed by atoms with Gasteiger partial charge in [-0.2, -0.15) is 0 Å². The number of aromatic nitrogens is 2. The molecule has 1 aromatic heterocycles. The fraction of sp³-hybridized carbons (Fsp3) is 0.375. The standard InChI is InChI=1S/C16H15BrFN3O/c17-14-9-20-15(10-19-14)21-5-3-16(4-6-21)8-11-7-12(18)1-2-13(11)22-16/h1-2,7,9-10H,3-6,8H2. The Hall–Kier alpha value is -1.69. The molecule has 0 aliphatic carbocycles. The Morgan fingerprint density at radius 1 is 1.18 bits per heavy atom. The second kappa shape index (κ2) is 5.19. The zero-order valence-corrected chi connectivity index (χ0v) is 13.5. The number of ether oxygens (including phenoxy) is 1. The maximum Gasteiger partial charge on any atom is 0.147 e. The summed E-state index contributed by atoms with van der Waals surface area (Å²) in [5.74, 6) is 1.53. The Morgan fingerprint density at radius 3 is 2.73 bits per heavy atom. The van der Waals surface area contributed by atoms with Gasteiger partial charge in [-0.15, -0.1) is 0 Å². The Labute approximate surface area is 136 Å². The van der Waals surface area contributed by atoms with Crippen molar-refractivity contribution in [3.05, 3.63) is 46.6 Å². The number of hydrogen-bond acceptors (Lipinski definition) is 4. The summed E-state index contributed by atoms with van der Waals surface area (Å²) in [4.78, 5) is 10.8. The van der Waals surface area contributed by atoms with Crippen molar-refractivity contribution in [1.82, 2.24) is 9.97 Å². The lowest BCUT2D eigenvalue weighted by molar-refractivity contribution is 0.0666. The fourth-order valence-corrected chi connectivity index (χ4v) is 3.50. The number of halogens is 2. The van der Waals surface area contributed by atoms with Crippen LogP contribution < -0.4 is 9.64 Å². The third-order valence-electron chi connectivity index (χ3n) is 4.47. The zero-order chi connectivity index (χ0) is 15.2. The highest BCUT2D eigenvalue weighted by molar-refractivity contribution is 9.10. The molecule has 2 aromatic rings. The quantitative estimate of drug-likeness (QED) is 0.778. The zero-order valence-electron chi connectivity index (χ0n) is 11.9. The van der Waals surface area contributed by atoms with Gasteiger partial charge >= 0.3 is 0 Å². The molecule has 0 unspecified atom stereocenters. The Kier molecular flexibility index (Phi) is 3.29. The summed E-state index contributed by atoms with van der Waals surface area (Å²) in [5.41, 5.74) is 0.798. The van der Waals surface area contributed by atoms with Crippen LogP contribution in [-0.4, -0.2) is 28.7 Å². The van der Waals surface area contributed by atoms with Gasteiger partial charge in [-0.25, -0.2) is 14.4 Å². The molecule has 22 heavy (non-hydrogen) atoms. The number of anilines is 1.